The minimum Gasteiger partial charge on any atom is -0.455 e. The Labute approximate surface area is 220 Å². The van der Waals surface area contributed by atoms with E-state index in [0.717, 1.165) is 12.1 Å². The van der Waals surface area contributed by atoms with E-state index in [0.29, 0.717) is 26.6 Å². The molecule has 0 aliphatic rings. The molecule has 1 aromatic heterocycles. The van der Waals surface area contributed by atoms with Crippen LogP contribution in [0.3, 0.4) is 0 Å². The molecule has 1 heterocycles. The molecule has 4 aromatic rings. The van der Waals surface area contributed by atoms with Gasteiger partial charge in [-0.2, -0.15) is 21.6 Å². The van der Waals surface area contributed by atoms with E-state index < -0.39 is 37.4 Å². The van der Waals surface area contributed by atoms with Gasteiger partial charge in [0.1, 0.15) is 11.5 Å². The van der Waals surface area contributed by atoms with Crippen molar-refractivity contribution in [2.24, 2.45) is 0 Å². The van der Waals surface area contributed by atoms with E-state index in [2.05, 4.69) is 36.8 Å². The van der Waals surface area contributed by atoms with Crippen LogP contribution in [0.4, 0.5) is 13.2 Å². The second-order valence-corrected chi connectivity index (χ2v) is 12.7. The van der Waals surface area contributed by atoms with Gasteiger partial charge >= 0.3 is 6.18 Å². The number of aromatic nitrogens is 1. The molecule has 0 bridgehead atoms. The fourth-order valence-electron chi connectivity index (χ4n) is 3.43. The molecule has 0 unspecified atom stereocenters. The smallest absolute Gasteiger partial charge is 0.416 e. The molecule has 4 rings (SSSR count). The van der Waals surface area contributed by atoms with Crippen molar-refractivity contribution in [2.75, 3.05) is 0 Å². The largest absolute Gasteiger partial charge is 0.455 e. The van der Waals surface area contributed by atoms with Crippen molar-refractivity contribution in [1.29, 1.82) is 0 Å². The lowest BCUT2D eigenvalue weighted by molar-refractivity contribution is -0.137. The average molecular weight is 669 g/mol. The number of rotatable bonds is 6. The number of nitrogens with one attached hydrogen (secondary N) is 1. The molecule has 0 aliphatic heterocycles. The lowest BCUT2D eigenvalue weighted by Crippen LogP contribution is -2.06. The number of fused-ring (bicyclic) bond motifs is 1. The minimum absolute atomic E-state index is 0.149. The van der Waals surface area contributed by atoms with E-state index >= 15 is 0 Å². The molecular formula is C22H14Br2F3NO6S2. The van der Waals surface area contributed by atoms with Gasteiger partial charge in [-0.1, -0.05) is 0 Å². The Balaban J connectivity index is 1.70. The molecule has 36 heavy (non-hydrogen) atoms. The Kier molecular flexibility index (Phi) is 7.03. The van der Waals surface area contributed by atoms with Gasteiger partial charge in [0.15, 0.2) is 5.75 Å². The monoisotopic (exact) mass is 667 g/mol. The Bertz CT molecular complexity index is 1660. The summed E-state index contributed by atoms with van der Waals surface area (Å²) < 4.78 is 103. The lowest BCUT2D eigenvalue weighted by Gasteiger charge is -2.12. The zero-order valence-corrected chi connectivity index (χ0v) is 22.5. The summed E-state index contributed by atoms with van der Waals surface area (Å²) in [5, 5.41) is 0.252. The van der Waals surface area contributed by atoms with Crippen molar-refractivity contribution in [1.82, 2.24) is 4.98 Å². The molecule has 0 radical (unpaired) electrons. The molecule has 3 aromatic carbocycles. The van der Waals surface area contributed by atoms with Gasteiger partial charge in [0.25, 0.3) is 10.1 Å². The van der Waals surface area contributed by atoms with Crippen molar-refractivity contribution >= 4 is 62.7 Å². The first-order valence-corrected chi connectivity index (χ1v) is 14.5. The first kappa shape index (κ1) is 26.7. The summed E-state index contributed by atoms with van der Waals surface area (Å²) in [6.45, 7) is 0. The highest BCUT2D eigenvalue weighted by Gasteiger charge is 2.31. The molecule has 2 N–H and O–H groups in total. The number of H-pyrrole nitrogens is 1. The second kappa shape index (κ2) is 9.49. The van der Waals surface area contributed by atoms with E-state index in [1.54, 1.807) is 12.1 Å². The van der Waals surface area contributed by atoms with E-state index in [-0.39, 0.29) is 32.2 Å². The number of hydrogen-bond acceptors (Lipinski definition) is 5. The third-order valence-corrected chi connectivity index (χ3v) is 8.71. The number of ether oxygens (including phenoxy) is 1. The second-order valence-electron chi connectivity index (χ2n) is 7.60. The number of alkyl halides is 3. The van der Waals surface area contributed by atoms with Crippen LogP contribution in [0.2, 0.25) is 0 Å². The van der Waals surface area contributed by atoms with Crippen molar-refractivity contribution in [3.05, 3.63) is 80.9 Å². The van der Waals surface area contributed by atoms with Crippen LogP contribution in [0.15, 0.2) is 79.5 Å². The summed E-state index contributed by atoms with van der Waals surface area (Å²) >= 11 is 6.58. The molecule has 0 aliphatic carbocycles. The Morgan fingerprint density at radius 1 is 0.917 bits per heavy atom. The van der Waals surface area contributed by atoms with Crippen LogP contribution in [-0.2, 0) is 31.9 Å². The quantitative estimate of drug-likeness (QED) is 0.221. The Morgan fingerprint density at radius 2 is 1.53 bits per heavy atom. The average Bonchev–Trinajstić information content (AvgIpc) is 3.19. The van der Waals surface area contributed by atoms with Crippen molar-refractivity contribution < 1.29 is 39.3 Å². The molecule has 14 heteroatoms. The van der Waals surface area contributed by atoms with Crippen LogP contribution in [0, 0.1) is 0 Å². The van der Waals surface area contributed by atoms with E-state index in [1.807, 2.05) is 0 Å². The molecule has 0 amide bonds. The third-order valence-electron chi connectivity index (χ3n) is 5.02. The first-order chi connectivity index (χ1) is 16.6. The summed E-state index contributed by atoms with van der Waals surface area (Å²) in [5.74, 6) is -0.115. The first-order valence-electron chi connectivity index (χ1n) is 9.79. The highest BCUT2D eigenvalue weighted by atomic mass is 79.9. The number of halogens is 5. The van der Waals surface area contributed by atoms with E-state index in [1.165, 1.54) is 24.4 Å². The van der Waals surface area contributed by atoms with Gasteiger partial charge in [-0.25, -0.2) is 8.42 Å². The topological polar surface area (TPSA) is 114 Å². The molecule has 0 atom stereocenters. The lowest BCUT2D eigenvalue weighted by atomic mass is 10.2. The predicted octanol–water partition coefficient (Wildman–Crippen LogP) is 6.72. The Morgan fingerprint density at radius 3 is 2.08 bits per heavy atom. The van der Waals surface area contributed by atoms with Gasteiger partial charge in [-0.05, 0) is 92.0 Å². The fraction of sp³-hybridized carbons (Fsp3) is 0.0909. The van der Waals surface area contributed by atoms with E-state index in [9.17, 15) is 30.0 Å². The van der Waals surface area contributed by atoms with Crippen molar-refractivity contribution in [2.45, 2.75) is 21.7 Å². The number of sulfone groups is 1. The zero-order valence-electron chi connectivity index (χ0n) is 17.7. The zero-order chi connectivity index (χ0) is 26.5. The standard InChI is InChI=1S/C22H14Br2F3NO6S2/c23-17-7-12(11-35(29,30)31)8-18(24)21(17)34-14-3-6-19-16(9-14)20(10-28-19)36(32,33)15-4-1-13(2-5-15)22(25,26)27/h1-10,28H,11H2,(H,29,30,31). The summed E-state index contributed by atoms with van der Waals surface area (Å²) in [7, 11) is -8.42. The molecule has 0 saturated heterocycles. The Hall–Kier alpha value is -2.39. The molecular weight excluding hydrogens is 655 g/mol. The SMILES string of the molecule is O=S(=O)(O)Cc1cc(Br)c(Oc2ccc3[nH]cc(S(=O)(=O)c4ccc(C(F)(F)F)cc4)c3c2)c(Br)c1. The van der Waals surface area contributed by atoms with Crippen LogP contribution < -0.4 is 4.74 Å². The van der Waals surface area contributed by atoms with Gasteiger partial charge in [0.2, 0.25) is 9.84 Å². The van der Waals surface area contributed by atoms with Crippen molar-refractivity contribution in [3.63, 3.8) is 0 Å². The van der Waals surface area contributed by atoms with Gasteiger partial charge in [-0.3, -0.25) is 4.55 Å². The van der Waals surface area contributed by atoms with Gasteiger partial charge in [0.05, 0.1) is 24.3 Å². The minimum atomic E-state index is -4.59. The maximum Gasteiger partial charge on any atom is 0.416 e. The fourth-order valence-corrected chi connectivity index (χ4v) is 6.88. The number of benzene rings is 3. The molecule has 7 nitrogen and oxygen atoms in total. The highest BCUT2D eigenvalue weighted by molar-refractivity contribution is 9.11. The molecule has 0 saturated carbocycles. The number of hydrogen-bond donors (Lipinski definition) is 2. The summed E-state index contributed by atoms with van der Waals surface area (Å²) in [4.78, 5) is 2.38. The van der Waals surface area contributed by atoms with Gasteiger partial charge < -0.3 is 9.72 Å². The van der Waals surface area contributed by atoms with Gasteiger partial charge in [0, 0.05) is 17.1 Å². The maximum absolute atomic E-state index is 13.2. The third kappa shape index (κ3) is 5.62. The molecule has 0 spiro atoms. The predicted molar refractivity (Wildman–Crippen MR) is 132 cm³/mol. The van der Waals surface area contributed by atoms with Gasteiger partial charge in [-0.15, -0.1) is 0 Å². The van der Waals surface area contributed by atoms with Crippen LogP contribution in [0.1, 0.15) is 11.1 Å². The summed E-state index contributed by atoms with van der Waals surface area (Å²) in [6.07, 6.45) is -3.35. The summed E-state index contributed by atoms with van der Waals surface area (Å²) in [5.41, 5.74) is -0.223. The number of aromatic amines is 1. The molecule has 0 fully saturated rings. The van der Waals surface area contributed by atoms with Crippen molar-refractivity contribution in [3.8, 4) is 11.5 Å². The van der Waals surface area contributed by atoms with Crippen LogP contribution in [0.25, 0.3) is 10.9 Å². The highest BCUT2D eigenvalue weighted by Crippen LogP contribution is 2.40. The van der Waals surface area contributed by atoms with Crippen LogP contribution in [-0.4, -0.2) is 26.4 Å². The molecule has 190 valence electrons. The summed E-state index contributed by atoms with van der Waals surface area (Å²) in [6, 6.07) is 10.7. The van der Waals surface area contributed by atoms with Crippen LogP contribution in [0.5, 0.6) is 11.5 Å². The maximum atomic E-state index is 13.2. The van der Waals surface area contributed by atoms with E-state index in [4.69, 9.17) is 9.29 Å². The normalized spacial score (nSPS) is 12.7. The van der Waals surface area contributed by atoms with Crippen LogP contribution >= 0.6 is 31.9 Å².